The molecule has 0 saturated carbocycles. The second-order valence-corrected chi connectivity index (χ2v) is 6.47. The zero-order valence-corrected chi connectivity index (χ0v) is 13.9. The first kappa shape index (κ1) is 15.8. The number of hydrogen-bond donors (Lipinski definition) is 1. The maximum absolute atomic E-state index is 9.59. The van der Waals surface area contributed by atoms with Crippen LogP contribution >= 0.6 is 39.1 Å². The molecule has 0 aromatic heterocycles. The third-order valence-electron chi connectivity index (χ3n) is 3.23. The first-order valence-corrected chi connectivity index (χ1v) is 7.93. The smallest absolute Gasteiger partial charge is 0.0595 e. The minimum absolute atomic E-state index is 0.140. The molecule has 0 fully saturated rings. The van der Waals surface area contributed by atoms with Gasteiger partial charge in [-0.1, -0.05) is 63.4 Å². The molecule has 2 rings (SSSR count). The Labute approximate surface area is 137 Å². The van der Waals surface area contributed by atoms with Gasteiger partial charge in [0.25, 0.3) is 0 Å². The molecule has 0 saturated heterocycles. The number of halogens is 3. The summed E-state index contributed by atoms with van der Waals surface area (Å²) in [6.45, 7) is 0.140. The molecule has 0 spiro atoms. The van der Waals surface area contributed by atoms with Gasteiger partial charge in [0, 0.05) is 11.1 Å². The van der Waals surface area contributed by atoms with Gasteiger partial charge in [0.05, 0.1) is 10.0 Å². The molecular weight excluding hydrogens is 359 g/mol. The van der Waals surface area contributed by atoms with Gasteiger partial charge < -0.3 is 5.11 Å². The molecule has 0 aliphatic heterocycles. The Hall–Kier alpha value is -0.540. The van der Waals surface area contributed by atoms with E-state index < -0.39 is 0 Å². The van der Waals surface area contributed by atoms with Crippen LogP contribution in [0.25, 0.3) is 0 Å². The fraction of sp³-hybridized carbons (Fsp3) is 0.250. The van der Waals surface area contributed by atoms with Crippen LogP contribution < -0.4 is 0 Å². The standard InChI is InChI=1S/C16H15BrCl2O/c17-14-4-2-1-3-13(14)8-12(10-20)7-11-5-6-15(18)16(19)9-11/h1-6,9,12,20H,7-8,10H2. The van der Waals surface area contributed by atoms with E-state index in [1.165, 1.54) is 5.56 Å². The van der Waals surface area contributed by atoms with Crippen molar-refractivity contribution in [3.63, 3.8) is 0 Å². The van der Waals surface area contributed by atoms with E-state index in [4.69, 9.17) is 23.2 Å². The lowest BCUT2D eigenvalue weighted by Gasteiger charge is -2.15. The van der Waals surface area contributed by atoms with E-state index in [9.17, 15) is 5.11 Å². The van der Waals surface area contributed by atoms with Gasteiger partial charge >= 0.3 is 0 Å². The molecule has 20 heavy (non-hydrogen) atoms. The van der Waals surface area contributed by atoms with E-state index in [-0.39, 0.29) is 12.5 Å². The van der Waals surface area contributed by atoms with E-state index in [2.05, 4.69) is 22.0 Å². The normalized spacial score (nSPS) is 12.4. The summed E-state index contributed by atoms with van der Waals surface area (Å²) in [5.41, 5.74) is 2.29. The Balaban J connectivity index is 2.09. The van der Waals surface area contributed by atoms with Crippen LogP contribution in [0.15, 0.2) is 46.9 Å². The Bertz CT molecular complexity index is 586. The summed E-state index contributed by atoms with van der Waals surface area (Å²) < 4.78 is 1.08. The summed E-state index contributed by atoms with van der Waals surface area (Å²) in [4.78, 5) is 0. The highest BCUT2D eigenvalue weighted by atomic mass is 79.9. The van der Waals surface area contributed by atoms with Crippen LogP contribution in [0.3, 0.4) is 0 Å². The maximum atomic E-state index is 9.59. The average Bonchev–Trinajstić information content (AvgIpc) is 2.44. The SMILES string of the molecule is OCC(Cc1ccc(Cl)c(Cl)c1)Cc1ccccc1Br. The summed E-state index contributed by atoms with van der Waals surface area (Å²) in [5, 5.41) is 10.7. The van der Waals surface area contributed by atoms with E-state index in [1.807, 2.05) is 30.3 Å². The van der Waals surface area contributed by atoms with Crippen LogP contribution in [0.2, 0.25) is 10.0 Å². The monoisotopic (exact) mass is 372 g/mol. The van der Waals surface area contributed by atoms with Crippen molar-refractivity contribution in [3.8, 4) is 0 Å². The van der Waals surface area contributed by atoms with Gasteiger partial charge in [-0.25, -0.2) is 0 Å². The number of rotatable bonds is 5. The van der Waals surface area contributed by atoms with Crippen molar-refractivity contribution in [1.29, 1.82) is 0 Å². The number of aliphatic hydroxyl groups excluding tert-OH is 1. The van der Waals surface area contributed by atoms with E-state index in [0.29, 0.717) is 10.0 Å². The minimum Gasteiger partial charge on any atom is -0.396 e. The second-order valence-electron chi connectivity index (χ2n) is 4.80. The lowest BCUT2D eigenvalue weighted by Crippen LogP contribution is -2.13. The first-order valence-electron chi connectivity index (χ1n) is 6.38. The molecule has 0 aliphatic carbocycles. The van der Waals surface area contributed by atoms with Crippen LogP contribution in [0.5, 0.6) is 0 Å². The minimum atomic E-state index is 0.140. The van der Waals surface area contributed by atoms with E-state index in [1.54, 1.807) is 6.07 Å². The molecule has 4 heteroatoms. The fourth-order valence-corrected chi connectivity index (χ4v) is 2.94. The topological polar surface area (TPSA) is 20.2 Å². The average molecular weight is 374 g/mol. The van der Waals surface area contributed by atoms with Crippen LogP contribution in [0.4, 0.5) is 0 Å². The third kappa shape index (κ3) is 4.23. The Morgan fingerprint density at radius 2 is 1.75 bits per heavy atom. The zero-order chi connectivity index (χ0) is 14.5. The van der Waals surface area contributed by atoms with Crippen LogP contribution in [0.1, 0.15) is 11.1 Å². The third-order valence-corrected chi connectivity index (χ3v) is 4.75. The predicted octanol–water partition coefficient (Wildman–Crippen LogP) is 5.15. The van der Waals surface area contributed by atoms with Crippen molar-refractivity contribution in [2.24, 2.45) is 5.92 Å². The summed E-state index contributed by atoms with van der Waals surface area (Å²) in [6.07, 6.45) is 1.59. The van der Waals surface area contributed by atoms with Gasteiger partial charge in [-0.3, -0.25) is 0 Å². The molecular formula is C16H15BrCl2O. The Morgan fingerprint density at radius 1 is 1.00 bits per heavy atom. The van der Waals surface area contributed by atoms with Crippen molar-refractivity contribution in [2.45, 2.75) is 12.8 Å². The van der Waals surface area contributed by atoms with E-state index in [0.717, 1.165) is 22.9 Å². The molecule has 1 N–H and O–H groups in total. The predicted molar refractivity (Wildman–Crippen MR) is 88.6 cm³/mol. The maximum Gasteiger partial charge on any atom is 0.0595 e. The summed E-state index contributed by atoms with van der Waals surface area (Å²) in [6, 6.07) is 13.7. The van der Waals surface area contributed by atoms with Crippen molar-refractivity contribution in [3.05, 3.63) is 68.1 Å². The molecule has 2 aromatic carbocycles. The lowest BCUT2D eigenvalue weighted by molar-refractivity contribution is 0.225. The van der Waals surface area contributed by atoms with Crippen molar-refractivity contribution in [1.82, 2.24) is 0 Å². The number of hydrogen-bond acceptors (Lipinski definition) is 1. The molecule has 1 unspecified atom stereocenters. The first-order chi connectivity index (χ1) is 9.60. The summed E-state index contributed by atoms with van der Waals surface area (Å²) in [5.74, 6) is 0.158. The summed E-state index contributed by atoms with van der Waals surface area (Å²) in [7, 11) is 0. The lowest BCUT2D eigenvalue weighted by atomic mass is 9.93. The van der Waals surface area contributed by atoms with Crippen LogP contribution in [0, 0.1) is 5.92 Å². The van der Waals surface area contributed by atoms with Crippen molar-refractivity contribution < 1.29 is 5.11 Å². The van der Waals surface area contributed by atoms with Gasteiger partial charge in [-0.2, -0.15) is 0 Å². The van der Waals surface area contributed by atoms with Crippen molar-refractivity contribution >= 4 is 39.1 Å². The van der Waals surface area contributed by atoms with Gasteiger partial charge in [0.1, 0.15) is 0 Å². The molecule has 0 heterocycles. The van der Waals surface area contributed by atoms with Crippen LogP contribution in [-0.2, 0) is 12.8 Å². The quantitative estimate of drug-likeness (QED) is 0.768. The van der Waals surface area contributed by atoms with E-state index >= 15 is 0 Å². The van der Waals surface area contributed by atoms with Gasteiger partial charge in [-0.05, 0) is 48.1 Å². The molecule has 1 atom stereocenters. The second kappa shape index (κ2) is 7.46. The highest BCUT2D eigenvalue weighted by Crippen LogP contribution is 2.26. The van der Waals surface area contributed by atoms with Gasteiger partial charge in [0.2, 0.25) is 0 Å². The highest BCUT2D eigenvalue weighted by molar-refractivity contribution is 9.10. The summed E-state index contributed by atoms with van der Waals surface area (Å²) >= 11 is 15.5. The molecule has 0 bridgehead atoms. The van der Waals surface area contributed by atoms with Gasteiger partial charge in [-0.15, -0.1) is 0 Å². The highest BCUT2D eigenvalue weighted by Gasteiger charge is 2.12. The Morgan fingerprint density at radius 3 is 2.40 bits per heavy atom. The number of benzene rings is 2. The fourth-order valence-electron chi connectivity index (χ4n) is 2.18. The van der Waals surface area contributed by atoms with Gasteiger partial charge in [0.15, 0.2) is 0 Å². The van der Waals surface area contributed by atoms with Crippen LogP contribution in [-0.4, -0.2) is 11.7 Å². The zero-order valence-electron chi connectivity index (χ0n) is 10.8. The molecule has 0 amide bonds. The largest absolute Gasteiger partial charge is 0.396 e. The molecule has 1 nitrogen and oxygen atoms in total. The Kier molecular flexibility index (Phi) is 5.91. The number of aliphatic hydroxyl groups is 1. The molecule has 0 aliphatic rings. The molecule has 0 radical (unpaired) electrons. The molecule has 106 valence electrons. The van der Waals surface area contributed by atoms with Crippen molar-refractivity contribution in [2.75, 3.05) is 6.61 Å². The molecule has 2 aromatic rings.